The Balaban J connectivity index is 0.00000484. The van der Waals surface area contributed by atoms with Crippen LogP contribution >= 0.6 is 0 Å². The van der Waals surface area contributed by atoms with Crippen LogP contribution in [0.4, 0.5) is 0 Å². The zero-order chi connectivity index (χ0) is 15.9. The number of unbranched alkanes of at least 4 members (excludes halogenated alkanes) is 11. The van der Waals surface area contributed by atoms with Gasteiger partial charge in [-0.1, -0.05) is 83.6 Å². The SMILES string of the molecule is CCCCCCCCCCCCCCc1cccc[n+]1CC.[Cl-]. The lowest BCUT2D eigenvalue weighted by Gasteiger charge is -2.03. The summed E-state index contributed by atoms with van der Waals surface area (Å²) in [5.74, 6) is 0. The zero-order valence-corrected chi connectivity index (χ0v) is 16.3. The summed E-state index contributed by atoms with van der Waals surface area (Å²) in [6.07, 6.45) is 20.6. The number of rotatable bonds is 14. The highest BCUT2D eigenvalue weighted by Crippen LogP contribution is 2.12. The third-order valence-corrected chi connectivity index (χ3v) is 4.66. The Morgan fingerprint density at radius 2 is 1.22 bits per heavy atom. The number of nitrogens with zero attached hydrogens (tertiary/aromatic N) is 1. The van der Waals surface area contributed by atoms with E-state index in [0.29, 0.717) is 0 Å². The van der Waals surface area contributed by atoms with Crippen molar-refractivity contribution in [3.63, 3.8) is 0 Å². The van der Waals surface area contributed by atoms with Crippen molar-refractivity contribution in [1.82, 2.24) is 0 Å². The van der Waals surface area contributed by atoms with Gasteiger partial charge in [-0.3, -0.25) is 0 Å². The van der Waals surface area contributed by atoms with Gasteiger partial charge in [0.1, 0.15) is 6.54 Å². The molecule has 0 saturated heterocycles. The standard InChI is InChI=1S/C21H38N.ClH/c1-3-5-6-7-8-9-10-11-12-13-14-15-18-21-19-16-17-20-22(21)4-2;/h16-17,19-20H,3-15,18H2,1-2H3;1H/q+1;/p-1. The molecule has 23 heavy (non-hydrogen) atoms. The summed E-state index contributed by atoms with van der Waals surface area (Å²) < 4.78 is 2.37. The van der Waals surface area contributed by atoms with Gasteiger partial charge in [-0.05, 0) is 13.3 Å². The second-order valence-corrected chi connectivity index (χ2v) is 6.62. The van der Waals surface area contributed by atoms with Gasteiger partial charge in [0.2, 0.25) is 0 Å². The van der Waals surface area contributed by atoms with E-state index < -0.39 is 0 Å². The van der Waals surface area contributed by atoms with Crippen LogP contribution in [0.5, 0.6) is 0 Å². The van der Waals surface area contributed by atoms with Gasteiger partial charge >= 0.3 is 0 Å². The first kappa shape index (κ1) is 22.4. The first-order valence-electron chi connectivity index (χ1n) is 9.85. The summed E-state index contributed by atoms with van der Waals surface area (Å²) >= 11 is 0. The van der Waals surface area contributed by atoms with Gasteiger partial charge in [-0.15, -0.1) is 0 Å². The van der Waals surface area contributed by atoms with Crippen molar-refractivity contribution in [2.45, 2.75) is 104 Å². The van der Waals surface area contributed by atoms with Gasteiger partial charge in [0.05, 0.1) is 0 Å². The highest BCUT2D eigenvalue weighted by molar-refractivity contribution is 4.97. The zero-order valence-electron chi connectivity index (χ0n) is 15.5. The first-order chi connectivity index (χ1) is 10.9. The van der Waals surface area contributed by atoms with Crippen LogP contribution in [0.2, 0.25) is 0 Å². The average Bonchev–Trinajstić information content (AvgIpc) is 2.56. The van der Waals surface area contributed by atoms with Crippen LogP contribution in [0.25, 0.3) is 0 Å². The summed E-state index contributed by atoms with van der Waals surface area (Å²) in [5, 5.41) is 0. The largest absolute Gasteiger partial charge is 1.00 e. The predicted octanol–water partition coefficient (Wildman–Crippen LogP) is 3.24. The third kappa shape index (κ3) is 11.6. The van der Waals surface area contributed by atoms with Crippen molar-refractivity contribution in [2.24, 2.45) is 0 Å². The number of halogens is 1. The van der Waals surface area contributed by atoms with Crippen molar-refractivity contribution in [1.29, 1.82) is 0 Å². The van der Waals surface area contributed by atoms with E-state index in [2.05, 4.69) is 42.8 Å². The fraction of sp³-hybridized carbons (Fsp3) is 0.762. The molecule has 134 valence electrons. The summed E-state index contributed by atoms with van der Waals surface area (Å²) in [4.78, 5) is 0. The van der Waals surface area contributed by atoms with Crippen LogP contribution in [0, 0.1) is 0 Å². The molecule has 0 fully saturated rings. The molecule has 1 aromatic heterocycles. The molecular formula is C21H38ClN. The molecule has 0 aromatic carbocycles. The Morgan fingerprint density at radius 3 is 1.74 bits per heavy atom. The summed E-state index contributed by atoms with van der Waals surface area (Å²) in [5.41, 5.74) is 1.50. The van der Waals surface area contributed by atoms with Crippen molar-refractivity contribution in [2.75, 3.05) is 0 Å². The van der Waals surface area contributed by atoms with Crippen molar-refractivity contribution >= 4 is 0 Å². The predicted molar refractivity (Wildman–Crippen MR) is 97.1 cm³/mol. The molecule has 0 aliphatic rings. The van der Waals surface area contributed by atoms with E-state index in [4.69, 9.17) is 0 Å². The second kappa shape index (κ2) is 16.3. The van der Waals surface area contributed by atoms with Gasteiger partial charge < -0.3 is 12.4 Å². The topological polar surface area (TPSA) is 3.88 Å². The van der Waals surface area contributed by atoms with E-state index in [1.807, 2.05) is 0 Å². The van der Waals surface area contributed by atoms with Gasteiger partial charge in [0, 0.05) is 18.6 Å². The minimum absolute atomic E-state index is 0. The van der Waals surface area contributed by atoms with Crippen LogP contribution in [0.3, 0.4) is 0 Å². The molecule has 0 radical (unpaired) electrons. The highest BCUT2D eigenvalue weighted by atomic mass is 35.5. The second-order valence-electron chi connectivity index (χ2n) is 6.62. The van der Waals surface area contributed by atoms with Gasteiger partial charge in [-0.25, -0.2) is 4.57 Å². The van der Waals surface area contributed by atoms with Crippen molar-refractivity contribution in [3.8, 4) is 0 Å². The summed E-state index contributed by atoms with van der Waals surface area (Å²) in [7, 11) is 0. The molecule has 1 nitrogen and oxygen atoms in total. The molecule has 0 spiro atoms. The third-order valence-electron chi connectivity index (χ3n) is 4.66. The number of hydrogen-bond acceptors (Lipinski definition) is 0. The molecular weight excluding hydrogens is 302 g/mol. The van der Waals surface area contributed by atoms with Crippen LogP contribution in [-0.2, 0) is 13.0 Å². The van der Waals surface area contributed by atoms with E-state index in [0.717, 1.165) is 6.54 Å². The normalized spacial score (nSPS) is 10.5. The lowest BCUT2D eigenvalue weighted by atomic mass is 10.0. The fourth-order valence-corrected chi connectivity index (χ4v) is 3.19. The lowest BCUT2D eigenvalue weighted by Crippen LogP contribution is -3.00. The van der Waals surface area contributed by atoms with Crippen molar-refractivity contribution in [3.05, 3.63) is 30.1 Å². The molecule has 0 aliphatic heterocycles. The van der Waals surface area contributed by atoms with E-state index in [9.17, 15) is 0 Å². The van der Waals surface area contributed by atoms with E-state index in [1.54, 1.807) is 0 Å². The van der Waals surface area contributed by atoms with Gasteiger partial charge in [-0.2, -0.15) is 0 Å². The fourth-order valence-electron chi connectivity index (χ4n) is 3.19. The van der Waals surface area contributed by atoms with Crippen LogP contribution in [0.1, 0.15) is 96.6 Å². The van der Waals surface area contributed by atoms with Crippen LogP contribution in [0.15, 0.2) is 24.4 Å². The molecule has 0 bridgehead atoms. The maximum atomic E-state index is 2.37. The average molecular weight is 340 g/mol. The Morgan fingerprint density at radius 1 is 0.696 bits per heavy atom. The molecule has 0 aliphatic carbocycles. The minimum Gasteiger partial charge on any atom is -1.00 e. The van der Waals surface area contributed by atoms with E-state index in [1.165, 1.54) is 89.2 Å². The monoisotopic (exact) mass is 339 g/mol. The number of hydrogen-bond donors (Lipinski definition) is 0. The van der Waals surface area contributed by atoms with Crippen LogP contribution < -0.4 is 17.0 Å². The molecule has 1 aromatic rings. The number of aromatic nitrogens is 1. The maximum Gasteiger partial charge on any atom is 0.181 e. The number of pyridine rings is 1. The molecule has 1 rings (SSSR count). The number of aryl methyl sites for hydroxylation is 2. The maximum absolute atomic E-state index is 2.37. The Labute approximate surface area is 151 Å². The molecule has 0 saturated carbocycles. The minimum atomic E-state index is 0. The van der Waals surface area contributed by atoms with E-state index in [-0.39, 0.29) is 12.4 Å². The smallest absolute Gasteiger partial charge is 0.181 e. The Kier molecular flexibility index (Phi) is 15.9. The Hall–Kier alpha value is -0.560. The highest BCUT2D eigenvalue weighted by Gasteiger charge is 2.06. The van der Waals surface area contributed by atoms with Gasteiger partial charge in [0.25, 0.3) is 0 Å². The Bertz CT molecular complexity index is 365. The lowest BCUT2D eigenvalue weighted by molar-refractivity contribution is -0.700. The molecule has 0 unspecified atom stereocenters. The molecule has 1 heterocycles. The quantitative estimate of drug-likeness (QED) is 0.362. The van der Waals surface area contributed by atoms with Crippen LogP contribution in [-0.4, -0.2) is 0 Å². The summed E-state index contributed by atoms with van der Waals surface area (Å²) in [6.45, 7) is 5.61. The molecule has 0 atom stereocenters. The van der Waals surface area contributed by atoms with E-state index >= 15 is 0 Å². The van der Waals surface area contributed by atoms with Gasteiger partial charge in [0.15, 0.2) is 11.9 Å². The van der Waals surface area contributed by atoms with Crippen molar-refractivity contribution < 1.29 is 17.0 Å². The molecule has 0 N–H and O–H groups in total. The first-order valence-corrected chi connectivity index (χ1v) is 9.85. The summed E-state index contributed by atoms with van der Waals surface area (Å²) in [6, 6.07) is 6.58. The molecule has 2 heteroatoms. The molecule has 0 amide bonds.